The number of hydrogen-bond acceptors (Lipinski definition) is 4. The van der Waals surface area contributed by atoms with Gasteiger partial charge in [0.15, 0.2) is 6.54 Å². The number of quaternary nitrogens is 1. The predicted molar refractivity (Wildman–Crippen MR) is 111 cm³/mol. The summed E-state index contributed by atoms with van der Waals surface area (Å²) in [5.41, 5.74) is 1.84. The van der Waals surface area contributed by atoms with Gasteiger partial charge in [-0.3, -0.25) is 9.59 Å². The molecule has 1 amide bonds. The summed E-state index contributed by atoms with van der Waals surface area (Å²) >= 11 is 0. The molecule has 3 rings (SSSR count). The van der Waals surface area contributed by atoms with Crippen LogP contribution in [-0.2, 0) is 20.9 Å². The molecule has 0 bridgehead atoms. The maximum atomic E-state index is 12.4. The summed E-state index contributed by atoms with van der Waals surface area (Å²) in [7, 11) is 0. The Morgan fingerprint density at radius 3 is 2.59 bits per heavy atom. The molecular weight excluding hydrogens is 368 g/mol. The van der Waals surface area contributed by atoms with Gasteiger partial charge in [0.25, 0.3) is 5.91 Å². The van der Waals surface area contributed by atoms with Gasteiger partial charge in [0.2, 0.25) is 0 Å². The van der Waals surface area contributed by atoms with Crippen molar-refractivity contribution >= 4 is 17.6 Å². The van der Waals surface area contributed by atoms with E-state index in [9.17, 15) is 9.59 Å². The average Bonchev–Trinajstić information content (AvgIpc) is 2.74. The average molecular weight is 397 g/mol. The van der Waals surface area contributed by atoms with Crippen LogP contribution < -0.4 is 15.0 Å². The molecule has 1 aliphatic rings. The molecule has 29 heavy (non-hydrogen) atoms. The highest BCUT2D eigenvalue weighted by molar-refractivity contribution is 5.91. The lowest BCUT2D eigenvalue weighted by atomic mass is 9.98. The third-order valence-corrected chi connectivity index (χ3v) is 5.03. The number of carbonyl (C=O) groups excluding carboxylic acids is 2. The maximum Gasteiger partial charge on any atom is 0.314 e. The molecule has 6 nitrogen and oxygen atoms in total. The Bertz CT molecular complexity index is 792. The van der Waals surface area contributed by atoms with Gasteiger partial charge < -0.3 is 19.7 Å². The van der Waals surface area contributed by atoms with Crippen LogP contribution >= 0.6 is 0 Å². The molecule has 1 heterocycles. The van der Waals surface area contributed by atoms with Crippen LogP contribution in [0.4, 0.5) is 5.69 Å². The van der Waals surface area contributed by atoms with Crippen LogP contribution in [0.5, 0.6) is 5.75 Å². The van der Waals surface area contributed by atoms with E-state index in [0.717, 1.165) is 41.3 Å². The van der Waals surface area contributed by atoms with Gasteiger partial charge in [-0.25, -0.2) is 0 Å². The normalized spacial score (nSPS) is 18.7. The smallest absolute Gasteiger partial charge is 0.314 e. The number of hydrogen-bond donors (Lipinski definition) is 2. The molecule has 2 aromatic rings. The third kappa shape index (κ3) is 6.61. The number of ether oxygens (including phenoxy) is 2. The third-order valence-electron chi connectivity index (χ3n) is 5.03. The molecule has 2 atom stereocenters. The number of anilines is 1. The van der Waals surface area contributed by atoms with E-state index in [1.165, 1.54) is 0 Å². The molecule has 1 saturated heterocycles. The molecule has 0 spiro atoms. The Labute approximate surface area is 171 Å². The highest BCUT2D eigenvalue weighted by Gasteiger charge is 2.30. The van der Waals surface area contributed by atoms with Crippen molar-refractivity contribution in [1.29, 1.82) is 0 Å². The minimum absolute atomic E-state index is 0.0533. The molecule has 6 heteroatoms. The van der Waals surface area contributed by atoms with Crippen LogP contribution in [0, 0.1) is 5.92 Å². The molecule has 0 radical (unpaired) electrons. The van der Waals surface area contributed by atoms with Crippen molar-refractivity contribution in [3.05, 3.63) is 60.2 Å². The monoisotopic (exact) mass is 397 g/mol. The van der Waals surface area contributed by atoms with E-state index in [4.69, 9.17) is 9.47 Å². The lowest BCUT2D eigenvalue weighted by molar-refractivity contribution is -0.899. The van der Waals surface area contributed by atoms with Crippen molar-refractivity contribution in [3.63, 3.8) is 0 Å². The Hall–Kier alpha value is -2.86. The van der Waals surface area contributed by atoms with Gasteiger partial charge in [-0.15, -0.1) is 0 Å². The number of nitrogens with one attached hydrogen (secondary N) is 2. The van der Waals surface area contributed by atoms with Gasteiger partial charge in [0.1, 0.15) is 18.3 Å². The largest absolute Gasteiger partial charge is 0.489 e. The first kappa shape index (κ1) is 20.9. The first-order valence-corrected chi connectivity index (χ1v) is 10.2. The summed E-state index contributed by atoms with van der Waals surface area (Å²) in [5.74, 6) is 0.456. The first-order chi connectivity index (χ1) is 14.1. The van der Waals surface area contributed by atoms with Crippen LogP contribution in [0.2, 0.25) is 0 Å². The number of esters is 1. The number of carbonyl (C=O) groups is 2. The van der Waals surface area contributed by atoms with Gasteiger partial charge in [-0.1, -0.05) is 30.3 Å². The van der Waals surface area contributed by atoms with E-state index < -0.39 is 0 Å². The zero-order chi connectivity index (χ0) is 20.5. The molecule has 0 aromatic heterocycles. The number of benzene rings is 2. The SMILES string of the molecule is CCOC(=O)[C@@H]1CCC[NH+](CC(=O)Nc2ccc(OCc3ccccc3)cc2)C1. The molecule has 2 N–H and O–H groups in total. The summed E-state index contributed by atoms with van der Waals surface area (Å²) in [6.45, 7) is 4.62. The standard InChI is InChI=1S/C23H28N2O4/c1-2-28-23(27)19-9-6-14-25(15-19)16-22(26)24-20-10-12-21(13-11-20)29-17-18-7-4-3-5-8-18/h3-5,7-8,10-13,19H,2,6,9,14-17H2,1H3,(H,24,26)/p+1/t19-/m1/s1. The number of amides is 1. The highest BCUT2D eigenvalue weighted by atomic mass is 16.5. The van der Waals surface area contributed by atoms with Gasteiger partial charge in [-0.2, -0.15) is 0 Å². The van der Waals surface area contributed by atoms with E-state index in [1.54, 1.807) is 0 Å². The Kier molecular flexibility index (Phi) is 7.64. The van der Waals surface area contributed by atoms with Crippen molar-refractivity contribution in [2.45, 2.75) is 26.4 Å². The van der Waals surface area contributed by atoms with Crippen molar-refractivity contribution in [3.8, 4) is 5.75 Å². The van der Waals surface area contributed by atoms with Gasteiger partial charge in [0.05, 0.1) is 19.7 Å². The minimum atomic E-state index is -0.142. The summed E-state index contributed by atoms with van der Waals surface area (Å²) in [4.78, 5) is 25.5. The molecule has 2 aromatic carbocycles. The fourth-order valence-electron chi connectivity index (χ4n) is 3.58. The quantitative estimate of drug-likeness (QED) is 0.669. The van der Waals surface area contributed by atoms with E-state index >= 15 is 0 Å². The summed E-state index contributed by atoms with van der Waals surface area (Å²) in [6.07, 6.45) is 1.77. The van der Waals surface area contributed by atoms with Crippen LogP contribution in [0.1, 0.15) is 25.3 Å². The summed E-state index contributed by atoms with van der Waals surface area (Å²) < 4.78 is 10.9. The zero-order valence-electron chi connectivity index (χ0n) is 16.9. The van der Waals surface area contributed by atoms with E-state index in [1.807, 2.05) is 61.5 Å². The van der Waals surface area contributed by atoms with Crippen molar-refractivity contribution in [1.82, 2.24) is 0 Å². The van der Waals surface area contributed by atoms with Crippen LogP contribution in [0.15, 0.2) is 54.6 Å². The molecule has 0 saturated carbocycles. The van der Waals surface area contributed by atoms with E-state index in [-0.39, 0.29) is 17.8 Å². The van der Waals surface area contributed by atoms with Gasteiger partial charge >= 0.3 is 5.97 Å². The van der Waals surface area contributed by atoms with Crippen molar-refractivity contribution in [2.24, 2.45) is 5.92 Å². The molecule has 154 valence electrons. The number of rotatable bonds is 8. The Balaban J connectivity index is 1.44. The summed E-state index contributed by atoms with van der Waals surface area (Å²) in [6, 6.07) is 17.4. The predicted octanol–water partition coefficient (Wildman–Crippen LogP) is 2.06. The first-order valence-electron chi connectivity index (χ1n) is 10.2. The lowest BCUT2D eigenvalue weighted by Crippen LogP contribution is -3.14. The van der Waals surface area contributed by atoms with Gasteiger partial charge in [-0.05, 0) is 49.6 Å². The topological polar surface area (TPSA) is 69.1 Å². The number of likely N-dealkylation sites (tertiary alicyclic amines) is 1. The molecule has 0 aliphatic carbocycles. The molecule has 1 fully saturated rings. The van der Waals surface area contributed by atoms with E-state index in [2.05, 4.69) is 5.32 Å². The van der Waals surface area contributed by atoms with Crippen LogP contribution in [0.25, 0.3) is 0 Å². The van der Waals surface area contributed by atoms with Crippen LogP contribution in [0.3, 0.4) is 0 Å². The fourth-order valence-corrected chi connectivity index (χ4v) is 3.58. The Morgan fingerprint density at radius 2 is 1.86 bits per heavy atom. The minimum Gasteiger partial charge on any atom is -0.489 e. The summed E-state index contributed by atoms with van der Waals surface area (Å²) in [5, 5.41) is 2.93. The highest BCUT2D eigenvalue weighted by Crippen LogP contribution is 2.17. The van der Waals surface area contributed by atoms with E-state index in [0.29, 0.717) is 26.3 Å². The lowest BCUT2D eigenvalue weighted by Gasteiger charge is -2.28. The maximum absolute atomic E-state index is 12.4. The molecule has 1 unspecified atom stereocenters. The second kappa shape index (κ2) is 10.6. The fraction of sp³-hybridized carbons (Fsp3) is 0.391. The van der Waals surface area contributed by atoms with Crippen molar-refractivity contribution in [2.75, 3.05) is 31.6 Å². The zero-order valence-corrected chi connectivity index (χ0v) is 16.9. The Morgan fingerprint density at radius 1 is 1.10 bits per heavy atom. The van der Waals surface area contributed by atoms with Crippen molar-refractivity contribution < 1.29 is 24.0 Å². The second-order valence-electron chi connectivity index (χ2n) is 7.32. The number of piperidine rings is 1. The second-order valence-corrected chi connectivity index (χ2v) is 7.32. The van der Waals surface area contributed by atoms with Gasteiger partial charge in [0, 0.05) is 5.69 Å². The molecule has 1 aliphatic heterocycles. The molecular formula is C23H29N2O4+. The van der Waals surface area contributed by atoms with Crippen LogP contribution in [-0.4, -0.2) is 38.1 Å².